The van der Waals surface area contributed by atoms with Gasteiger partial charge in [0.05, 0.1) is 18.5 Å². The van der Waals surface area contributed by atoms with Gasteiger partial charge in [-0.3, -0.25) is 5.43 Å². The number of aryl methyl sites for hydroxylation is 1. The van der Waals surface area contributed by atoms with Gasteiger partial charge in [0.25, 0.3) is 0 Å². The Morgan fingerprint density at radius 1 is 0.933 bits per heavy atom. The van der Waals surface area contributed by atoms with Gasteiger partial charge < -0.3 is 4.74 Å². The fourth-order valence-corrected chi connectivity index (χ4v) is 3.10. The third-order valence-corrected chi connectivity index (χ3v) is 4.70. The topological polar surface area (TPSA) is 59.4 Å². The third-order valence-electron chi connectivity index (χ3n) is 4.70. The van der Waals surface area contributed by atoms with Crippen LogP contribution in [0, 0.1) is 6.92 Å². The highest BCUT2D eigenvalue weighted by Crippen LogP contribution is 2.19. The van der Waals surface area contributed by atoms with Crippen molar-refractivity contribution in [3.63, 3.8) is 0 Å². The van der Waals surface area contributed by atoms with Crippen molar-refractivity contribution < 1.29 is 4.74 Å². The molecule has 1 aromatic heterocycles. The molecule has 0 atom stereocenters. The standard InChI is InChI=1S/C25H30N4O/c1-3-4-5-6-10-17-30-23-15-13-21(14-16-23)19-26-29-25-18-24(27-20(2)28-25)22-11-8-7-9-12-22/h7-9,11-16,18-19H,3-6,10,17H2,1-2H3,(H,27,28,29). The lowest BCUT2D eigenvalue weighted by Crippen LogP contribution is -1.99. The Morgan fingerprint density at radius 2 is 1.70 bits per heavy atom. The van der Waals surface area contributed by atoms with Crippen molar-refractivity contribution in [2.24, 2.45) is 5.10 Å². The van der Waals surface area contributed by atoms with E-state index in [0.717, 1.165) is 35.6 Å². The van der Waals surface area contributed by atoms with Gasteiger partial charge in [0.1, 0.15) is 17.4 Å². The summed E-state index contributed by atoms with van der Waals surface area (Å²) >= 11 is 0. The van der Waals surface area contributed by atoms with Gasteiger partial charge in [-0.15, -0.1) is 0 Å². The minimum absolute atomic E-state index is 0.667. The molecule has 5 nitrogen and oxygen atoms in total. The number of hydrogen-bond acceptors (Lipinski definition) is 5. The van der Waals surface area contributed by atoms with Gasteiger partial charge in [0.2, 0.25) is 0 Å². The van der Waals surface area contributed by atoms with E-state index in [9.17, 15) is 0 Å². The van der Waals surface area contributed by atoms with Gasteiger partial charge in [-0.2, -0.15) is 5.10 Å². The first-order valence-corrected chi connectivity index (χ1v) is 10.7. The fourth-order valence-electron chi connectivity index (χ4n) is 3.10. The van der Waals surface area contributed by atoms with Crippen molar-refractivity contribution in [3.05, 3.63) is 72.1 Å². The summed E-state index contributed by atoms with van der Waals surface area (Å²) in [6, 6.07) is 19.9. The molecule has 156 valence electrons. The molecule has 0 amide bonds. The lowest BCUT2D eigenvalue weighted by molar-refractivity contribution is 0.304. The molecule has 3 rings (SSSR count). The number of hydrogen-bond donors (Lipinski definition) is 1. The molecule has 0 spiro atoms. The van der Waals surface area contributed by atoms with Gasteiger partial charge in [-0.05, 0) is 43.2 Å². The van der Waals surface area contributed by atoms with Gasteiger partial charge in [-0.25, -0.2) is 9.97 Å². The normalized spacial score (nSPS) is 11.0. The summed E-state index contributed by atoms with van der Waals surface area (Å²) in [4.78, 5) is 8.92. The lowest BCUT2D eigenvalue weighted by Gasteiger charge is -2.06. The predicted octanol–water partition coefficient (Wildman–Crippen LogP) is 6.25. The van der Waals surface area contributed by atoms with Crippen molar-refractivity contribution >= 4 is 12.0 Å². The maximum absolute atomic E-state index is 5.81. The zero-order valence-electron chi connectivity index (χ0n) is 17.8. The SMILES string of the molecule is CCCCCCCOc1ccc(C=NNc2cc(-c3ccccc3)nc(C)n2)cc1. The first kappa shape index (κ1) is 21.5. The Hall–Kier alpha value is -3.21. The van der Waals surface area contributed by atoms with Crippen LogP contribution in [0.25, 0.3) is 11.3 Å². The van der Waals surface area contributed by atoms with E-state index in [2.05, 4.69) is 27.4 Å². The Balaban J connectivity index is 1.51. The minimum Gasteiger partial charge on any atom is -0.494 e. The highest BCUT2D eigenvalue weighted by molar-refractivity contribution is 5.80. The zero-order valence-corrected chi connectivity index (χ0v) is 17.8. The molecule has 1 N–H and O–H groups in total. The van der Waals surface area contributed by atoms with E-state index in [0.29, 0.717) is 11.6 Å². The number of anilines is 1. The van der Waals surface area contributed by atoms with E-state index in [4.69, 9.17) is 4.74 Å². The quantitative estimate of drug-likeness (QED) is 0.234. The molecular formula is C25H30N4O. The van der Waals surface area contributed by atoms with Crippen LogP contribution in [0.5, 0.6) is 5.75 Å². The molecule has 1 heterocycles. The highest BCUT2D eigenvalue weighted by Gasteiger charge is 2.03. The van der Waals surface area contributed by atoms with Crippen LogP contribution >= 0.6 is 0 Å². The molecule has 3 aromatic rings. The van der Waals surface area contributed by atoms with Gasteiger partial charge >= 0.3 is 0 Å². The number of nitrogens with zero attached hydrogens (tertiary/aromatic N) is 3. The van der Waals surface area contributed by atoms with Gasteiger partial charge in [0.15, 0.2) is 0 Å². The number of hydrazone groups is 1. The molecule has 0 unspecified atom stereocenters. The van der Waals surface area contributed by atoms with Crippen molar-refractivity contribution in [3.8, 4) is 17.0 Å². The third kappa shape index (κ3) is 6.99. The van der Waals surface area contributed by atoms with Crippen molar-refractivity contribution in [1.82, 2.24) is 9.97 Å². The van der Waals surface area contributed by atoms with Crippen molar-refractivity contribution in [1.29, 1.82) is 0 Å². The average molecular weight is 403 g/mol. The molecule has 0 bridgehead atoms. The summed E-state index contributed by atoms with van der Waals surface area (Å²) in [7, 11) is 0. The maximum atomic E-state index is 5.81. The number of unbranched alkanes of at least 4 members (excludes halogenated alkanes) is 4. The monoisotopic (exact) mass is 402 g/mol. The summed E-state index contributed by atoms with van der Waals surface area (Å²) in [5.41, 5.74) is 5.92. The van der Waals surface area contributed by atoms with E-state index < -0.39 is 0 Å². The van der Waals surface area contributed by atoms with Crippen LogP contribution in [-0.4, -0.2) is 22.8 Å². The Bertz CT molecular complexity index is 924. The molecule has 0 saturated carbocycles. The van der Waals surface area contributed by atoms with E-state index in [1.807, 2.05) is 67.6 Å². The van der Waals surface area contributed by atoms with Crippen LogP contribution in [0.4, 0.5) is 5.82 Å². The molecule has 5 heteroatoms. The number of aromatic nitrogens is 2. The average Bonchev–Trinajstić information content (AvgIpc) is 2.77. The second kappa shape index (κ2) is 11.7. The van der Waals surface area contributed by atoms with E-state index in [1.54, 1.807) is 6.21 Å². The highest BCUT2D eigenvalue weighted by atomic mass is 16.5. The van der Waals surface area contributed by atoms with Gasteiger partial charge in [0, 0.05) is 11.6 Å². The van der Waals surface area contributed by atoms with E-state index in [-0.39, 0.29) is 0 Å². The number of rotatable bonds is 11. The summed E-state index contributed by atoms with van der Waals surface area (Å²) in [5.74, 6) is 2.26. The largest absolute Gasteiger partial charge is 0.494 e. The summed E-state index contributed by atoms with van der Waals surface area (Å²) in [6.45, 7) is 4.88. The minimum atomic E-state index is 0.667. The van der Waals surface area contributed by atoms with Crippen LogP contribution in [0.2, 0.25) is 0 Å². The second-order valence-corrected chi connectivity index (χ2v) is 7.25. The fraction of sp³-hybridized carbons (Fsp3) is 0.320. The molecule has 30 heavy (non-hydrogen) atoms. The van der Waals surface area contributed by atoms with E-state index in [1.165, 1.54) is 25.7 Å². The number of nitrogens with one attached hydrogen (secondary N) is 1. The van der Waals surface area contributed by atoms with Crippen LogP contribution in [0.1, 0.15) is 50.4 Å². The zero-order chi connectivity index (χ0) is 21.0. The van der Waals surface area contributed by atoms with Gasteiger partial charge in [-0.1, -0.05) is 62.9 Å². The molecular weight excluding hydrogens is 372 g/mol. The van der Waals surface area contributed by atoms with Crippen LogP contribution in [-0.2, 0) is 0 Å². The Kier molecular flexibility index (Phi) is 8.39. The number of ether oxygens (including phenoxy) is 1. The van der Waals surface area contributed by atoms with Crippen LogP contribution in [0.3, 0.4) is 0 Å². The second-order valence-electron chi connectivity index (χ2n) is 7.25. The predicted molar refractivity (Wildman–Crippen MR) is 124 cm³/mol. The molecule has 0 saturated heterocycles. The Morgan fingerprint density at radius 3 is 2.47 bits per heavy atom. The van der Waals surface area contributed by atoms with Crippen molar-refractivity contribution in [2.45, 2.75) is 46.0 Å². The smallest absolute Gasteiger partial charge is 0.150 e. The maximum Gasteiger partial charge on any atom is 0.150 e. The summed E-state index contributed by atoms with van der Waals surface area (Å²) < 4.78 is 5.81. The van der Waals surface area contributed by atoms with Crippen molar-refractivity contribution in [2.75, 3.05) is 12.0 Å². The molecule has 0 aliphatic rings. The molecule has 2 aromatic carbocycles. The first-order chi connectivity index (χ1) is 14.7. The molecule has 0 aliphatic carbocycles. The summed E-state index contributed by atoms with van der Waals surface area (Å²) in [5, 5.41) is 4.32. The lowest BCUT2D eigenvalue weighted by atomic mass is 10.1. The molecule has 0 radical (unpaired) electrons. The van der Waals surface area contributed by atoms with Crippen LogP contribution < -0.4 is 10.2 Å². The Labute approximate surface area is 179 Å². The molecule has 0 fully saturated rings. The van der Waals surface area contributed by atoms with E-state index >= 15 is 0 Å². The summed E-state index contributed by atoms with van der Waals surface area (Å²) in [6.07, 6.45) is 7.98. The number of benzene rings is 2. The molecule has 0 aliphatic heterocycles. The first-order valence-electron chi connectivity index (χ1n) is 10.7. The van der Waals surface area contributed by atoms with Crippen LogP contribution in [0.15, 0.2) is 65.8 Å².